The molecule has 1 aromatic rings. The number of rotatable bonds is 9. The second-order valence-electron chi connectivity index (χ2n) is 6.89. The highest BCUT2D eigenvalue weighted by Gasteiger charge is 2.33. The first kappa shape index (κ1) is 20.7. The van der Waals surface area contributed by atoms with Crippen LogP contribution in [0.5, 0.6) is 5.75 Å². The van der Waals surface area contributed by atoms with Gasteiger partial charge in [-0.1, -0.05) is 26.0 Å². The lowest BCUT2D eigenvalue weighted by molar-refractivity contribution is -0.123. The maximum absolute atomic E-state index is 12.5. The first-order valence-electron chi connectivity index (χ1n) is 9.23. The van der Waals surface area contributed by atoms with Crippen LogP contribution in [-0.2, 0) is 21.2 Å². The van der Waals surface area contributed by atoms with E-state index in [1.54, 1.807) is 7.11 Å². The smallest absolute Gasteiger partial charge is 0.234 e. The van der Waals surface area contributed by atoms with Crippen molar-refractivity contribution < 1.29 is 17.9 Å². The molecular weight excluding hydrogens is 352 g/mol. The predicted molar refractivity (Wildman–Crippen MR) is 103 cm³/mol. The Morgan fingerprint density at radius 3 is 2.42 bits per heavy atom. The van der Waals surface area contributed by atoms with Gasteiger partial charge in [0.2, 0.25) is 5.91 Å². The zero-order chi connectivity index (χ0) is 19.2. The number of hydrogen-bond acceptors (Lipinski definition) is 5. The summed E-state index contributed by atoms with van der Waals surface area (Å²) in [6.07, 6.45) is 2.35. The highest BCUT2D eigenvalue weighted by Crippen LogP contribution is 2.21. The van der Waals surface area contributed by atoms with Crippen molar-refractivity contribution in [3.63, 3.8) is 0 Å². The number of benzene rings is 1. The Hall–Kier alpha value is -1.60. The molecular formula is C19H30N2O4S. The molecule has 0 aromatic heterocycles. The van der Waals surface area contributed by atoms with Gasteiger partial charge in [-0.3, -0.25) is 9.69 Å². The molecule has 0 bridgehead atoms. The highest BCUT2D eigenvalue weighted by molar-refractivity contribution is 7.91. The number of methoxy groups -OCH3 is 1. The summed E-state index contributed by atoms with van der Waals surface area (Å²) in [5.41, 5.74) is 1.03. The Labute approximate surface area is 156 Å². The number of amides is 1. The number of carbonyl (C=O) groups is 1. The van der Waals surface area contributed by atoms with Crippen molar-refractivity contribution >= 4 is 15.7 Å². The minimum atomic E-state index is -3.00. The molecule has 0 unspecified atom stereocenters. The average molecular weight is 383 g/mol. The van der Waals surface area contributed by atoms with Crippen molar-refractivity contribution in [3.05, 3.63) is 29.8 Å². The molecule has 1 aliphatic rings. The molecule has 1 atom stereocenters. The highest BCUT2D eigenvalue weighted by atomic mass is 32.2. The van der Waals surface area contributed by atoms with E-state index in [4.69, 9.17) is 4.74 Å². The van der Waals surface area contributed by atoms with Gasteiger partial charge >= 0.3 is 0 Å². The first-order chi connectivity index (χ1) is 12.4. The SMILES string of the molecule is CCC(CC)NC(=O)CN(Cc1ccc(OC)cc1)[C@H]1CCS(=O)(=O)C1. The first-order valence-corrected chi connectivity index (χ1v) is 11.1. The fourth-order valence-electron chi connectivity index (χ4n) is 3.29. The summed E-state index contributed by atoms with van der Waals surface area (Å²) in [4.78, 5) is 14.5. The predicted octanol–water partition coefficient (Wildman–Crippen LogP) is 1.99. The van der Waals surface area contributed by atoms with Gasteiger partial charge < -0.3 is 10.1 Å². The Kier molecular flexibility index (Phi) is 7.46. The second kappa shape index (κ2) is 9.37. The molecule has 7 heteroatoms. The summed E-state index contributed by atoms with van der Waals surface area (Å²) < 4.78 is 29.0. The van der Waals surface area contributed by atoms with Gasteiger partial charge in [0.15, 0.2) is 9.84 Å². The molecule has 1 saturated heterocycles. The third kappa shape index (κ3) is 5.99. The van der Waals surface area contributed by atoms with Crippen molar-refractivity contribution in [3.8, 4) is 5.75 Å². The van der Waals surface area contributed by atoms with E-state index < -0.39 is 9.84 Å². The topological polar surface area (TPSA) is 75.7 Å². The van der Waals surface area contributed by atoms with Gasteiger partial charge in [0.25, 0.3) is 0 Å². The molecule has 2 rings (SSSR count). The van der Waals surface area contributed by atoms with E-state index in [9.17, 15) is 13.2 Å². The van der Waals surface area contributed by atoms with Crippen LogP contribution in [0.4, 0.5) is 0 Å². The van der Waals surface area contributed by atoms with Crippen molar-refractivity contribution in [1.82, 2.24) is 10.2 Å². The van der Waals surface area contributed by atoms with Crippen LogP contribution in [0, 0.1) is 0 Å². The van der Waals surface area contributed by atoms with Crippen LogP contribution in [0.2, 0.25) is 0 Å². The molecule has 1 aliphatic heterocycles. The minimum absolute atomic E-state index is 0.0449. The van der Waals surface area contributed by atoms with E-state index >= 15 is 0 Å². The third-order valence-corrected chi connectivity index (χ3v) is 6.72. The Morgan fingerprint density at radius 1 is 1.27 bits per heavy atom. The number of carbonyl (C=O) groups excluding carboxylic acids is 1. The summed E-state index contributed by atoms with van der Waals surface area (Å²) in [7, 11) is -1.39. The summed E-state index contributed by atoms with van der Waals surface area (Å²) in [5, 5.41) is 3.05. The third-order valence-electron chi connectivity index (χ3n) is 4.97. The van der Waals surface area contributed by atoms with E-state index in [0.29, 0.717) is 13.0 Å². The number of nitrogens with zero attached hydrogens (tertiary/aromatic N) is 1. The number of hydrogen-bond donors (Lipinski definition) is 1. The van der Waals surface area contributed by atoms with Crippen LogP contribution in [0.25, 0.3) is 0 Å². The van der Waals surface area contributed by atoms with Crippen molar-refractivity contribution in [1.29, 1.82) is 0 Å². The number of sulfone groups is 1. The molecule has 26 heavy (non-hydrogen) atoms. The lowest BCUT2D eigenvalue weighted by Gasteiger charge is -2.28. The van der Waals surface area contributed by atoms with Crippen molar-refractivity contribution in [2.75, 3.05) is 25.2 Å². The van der Waals surface area contributed by atoms with E-state index in [-0.39, 0.29) is 36.0 Å². The van der Waals surface area contributed by atoms with Crippen LogP contribution in [0.1, 0.15) is 38.7 Å². The van der Waals surface area contributed by atoms with Crippen LogP contribution < -0.4 is 10.1 Å². The van der Waals surface area contributed by atoms with E-state index in [2.05, 4.69) is 5.32 Å². The summed E-state index contributed by atoms with van der Waals surface area (Å²) in [6.45, 7) is 4.85. The Morgan fingerprint density at radius 2 is 1.92 bits per heavy atom. The monoisotopic (exact) mass is 382 g/mol. The zero-order valence-corrected chi connectivity index (χ0v) is 16.7. The minimum Gasteiger partial charge on any atom is -0.497 e. The van der Waals surface area contributed by atoms with Gasteiger partial charge in [0.05, 0.1) is 25.2 Å². The van der Waals surface area contributed by atoms with Gasteiger partial charge in [0, 0.05) is 18.6 Å². The van der Waals surface area contributed by atoms with Gasteiger partial charge in [0.1, 0.15) is 5.75 Å². The van der Waals surface area contributed by atoms with Crippen LogP contribution in [-0.4, -0.2) is 56.5 Å². The molecule has 0 radical (unpaired) electrons. The van der Waals surface area contributed by atoms with Gasteiger partial charge in [-0.25, -0.2) is 8.42 Å². The molecule has 0 spiro atoms. The molecule has 6 nitrogen and oxygen atoms in total. The number of nitrogens with one attached hydrogen (secondary N) is 1. The normalized spacial score (nSPS) is 19.0. The standard InChI is InChI=1S/C19H30N2O4S/c1-4-16(5-2)20-19(22)13-21(17-10-11-26(23,24)14-17)12-15-6-8-18(25-3)9-7-15/h6-9,16-17H,4-5,10-14H2,1-3H3,(H,20,22)/t17-/m0/s1. The lowest BCUT2D eigenvalue weighted by atomic mass is 10.1. The van der Waals surface area contributed by atoms with E-state index in [1.165, 1.54) is 0 Å². The Balaban J connectivity index is 2.09. The van der Waals surface area contributed by atoms with Crippen molar-refractivity contribution in [2.45, 2.75) is 51.7 Å². The molecule has 1 aromatic carbocycles. The second-order valence-corrected chi connectivity index (χ2v) is 9.12. The zero-order valence-electron chi connectivity index (χ0n) is 15.9. The fraction of sp³-hybridized carbons (Fsp3) is 0.632. The van der Waals surface area contributed by atoms with Crippen molar-refractivity contribution in [2.24, 2.45) is 0 Å². The van der Waals surface area contributed by atoms with Crippen LogP contribution >= 0.6 is 0 Å². The maximum Gasteiger partial charge on any atom is 0.234 e. The van der Waals surface area contributed by atoms with Gasteiger partial charge in [-0.05, 0) is 37.0 Å². The molecule has 0 saturated carbocycles. The average Bonchev–Trinajstić information content (AvgIpc) is 2.99. The fourth-order valence-corrected chi connectivity index (χ4v) is 5.06. The molecule has 146 valence electrons. The molecule has 0 aliphatic carbocycles. The van der Waals surface area contributed by atoms with Gasteiger partial charge in [-0.2, -0.15) is 0 Å². The molecule has 1 N–H and O–H groups in total. The van der Waals surface area contributed by atoms with E-state index in [1.807, 2.05) is 43.0 Å². The summed E-state index contributed by atoms with van der Waals surface area (Å²) in [5.74, 6) is 1.05. The molecule has 1 fully saturated rings. The summed E-state index contributed by atoms with van der Waals surface area (Å²) >= 11 is 0. The summed E-state index contributed by atoms with van der Waals surface area (Å²) in [6, 6.07) is 7.71. The largest absolute Gasteiger partial charge is 0.497 e. The molecule has 1 heterocycles. The Bertz CT molecular complexity index is 684. The van der Waals surface area contributed by atoms with Crippen LogP contribution in [0.15, 0.2) is 24.3 Å². The lowest BCUT2D eigenvalue weighted by Crippen LogP contribution is -2.45. The number of ether oxygens (including phenoxy) is 1. The quantitative estimate of drug-likeness (QED) is 0.707. The van der Waals surface area contributed by atoms with Gasteiger partial charge in [-0.15, -0.1) is 0 Å². The maximum atomic E-state index is 12.5. The molecule has 1 amide bonds. The van der Waals surface area contributed by atoms with E-state index in [0.717, 1.165) is 24.2 Å². The van der Waals surface area contributed by atoms with Crippen LogP contribution in [0.3, 0.4) is 0 Å².